The summed E-state index contributed by atoms with van der Waals surface area (Å²) in [6, 6.07) is 6.37. The minimum Gasteiger partial charge on any atom is -0.453 e. The first-order chi connectivity index (χ1) is 10.4. The van der Waals surface area contributed by atoms with E-state index in [-0.39, 0.29) is 18.3 Å². The minimum absolute atomic E-state index is 0.170. The summed E-state index contributed by atoms with van der Waals surface area (Å²) in [5.74, 6) is -1.49. The van der Waals surface area contributed by atoms with Crippen molar-refractivity contribution < 1.29 is 22.7 Å². The average Bonchev–Trinajstić information content (AvgIpc) is 2.97. The van der Waals surface area contributed by atoms with Gasteiger partial charge in [0.15, 0.2) is 17.4 Å². The van der Waals surface area contributed by atoms with Crippen LogP contribution in [0.1, 0.15) is 34.8 Å². The van der Waals surface area contributed by atoms with Gasteiger partial charge >= 0.3 is 0 Å². The standard InChI is InChI=1S/C16H17F2NO3/c1-10(11-4-6-13(17)14(18)8-11)19(2)16(20)15-7-5-12(22-15)9-21-3/h4-8,10H,9H2,1-3H3. The lowest BCUT2D eigenvalue weighted by atomic mass is 10.1. The third kappa shape index (κ3) is 3.33. The molecule has 2 aromatic rings. The van der Waals surface area contributed by atoms with Gasteiger partial charge in [0, 0.05) is 14.2 Å². The van der Waals surface area contributed by atoms with Gasteiger partial charge in [-0.1, -0.05) is 6.07 Å². The molecular weight excluding hydrogens is 292 g/mol. The number of hydrogen-bond acceptors (Lipinski definition) is 3. The van der Waals surface area contributed by atoms with Gasteiger partial charge in [0.05, 0.1) is 6.04 Å². The van der Waals surface area contributed by atoms with Gasteiger partial charge < -0.3 is 14.1 Å². The Morgan fingerprint density at radius 2 is 2.00 bits per heavy atom. The number of carbonyl (C=O) groups excluding carboxylic acids is 1. The molecule has 0 saturated carbocycles. The second-order valence-corrected chi connectivity index (χ2v) is 4.96. The summed E-state index contributed by atoms with van der Waals surface area (Å²) in [6.45, 7) is 2.00. The maximum Gasteiger partial charge on any atom is 0.289 e. The topological polar surface area (TPSA) is 42.7 Å². The highest BCUT2D eigenvalue weighted by Gasteiger charge is 2.22. The van der Waals surface area contributed by atoms with Gasteiger partial charge in [0.25, 0.3) is 5.91 Å². The van der Waals surface area contributed by atoms with Gasteiger partial charge in [-0.15, -0.1) is 0 Å². The molecule has 0 aliphatic carbocycles. The first-order valence-electron chi connectivity index (χ1n) is 6.73. The summed E-state index contributed by atoms with van der Waals surface area (Å²) in [6.07, 6.45) is 0. The zero-order valence-electron chi connectivity index (χ0n) is 12.6. The number of furan rings is 1. The quantitative estimate of drug-likeness (QED) is 0.848. The van der Waals surface area contributed by atoms with Gasteiger partial charge in [-0.3, -0.25) is 4.79 Å². The molecule has 2 rings (SSSR count). The lowest BCUT2D eigenvalue weighted by molar-refractivity contribution is 0.0702. The maximum atomic E-state index is 13.3. The van der Waals surface area contributed by atoms with Crippen LogP contribution in [0, 0.1) is 11.6 Å². The largest absolute Gasteiger partial charge is 0.453 e. The van der Waals surface area contributed by atoms with Gasteiger partial charge in [-0.05, 0) is 36.8 Å². The minimum atomic E-state index is -0.939. The molecule has 22 heavy (non-hydrogen) atoms. The summed E-state index contributed by atoms with van der Waals surface area (Å²) in [5, 5.41) is 0. The zero-order valence-corrected chi connectivity index (χ0v) is 12.6. The van der Waals surface area contributed by atoms with Crippen LogP contribution in [-0.2, 0) is 11.3 Å². The molecule has 0 fully saturated rings. The lowest BCUT2D eigenvalue weighted by Gasteiger charge is -2.24. The molecular formula is C16H17F2NO3. The molecule has 1 atom stereocenters. The van der Waals surface area contributed by atoms with Gasteiger partial charge in [-0.25, -0.2) is 8.78 Å². The number of halogens is 2. The number of ether oxygens (including phenoxy) is 1. The van der Waals surface area contributed by atoms with E-state index in [0.29, 0.717) is 11.3 Å². The highest BCUT2D eigenvalue weighted by molar-refractivity contribution is 5.91. The molecule has 0 radical (unpaired) electrons. The summed E-state index contributed by atoms with van der Waals surface area (Å²) in [4.78, 5) is 13.8. The predicted octanol–water partition coefficient (Wildman–Crippen LogP) is 3.54. The molecule has 0 aliphatic rings. The van der Waals surface area contributed by atoms with E-state index in [9.17, 15) is 13.6 Å². The molecule has 1 aromatic heterocycles. The summed E-state index contributed by atoms with van der Waals surface area (Å²) >= 11 is 0. The summed E-state index contributed by atoms with van der Waals surface area (Å²) in [5.41, 5.74) is 0.499. The molecule has 0 saturated heterocycles. The number of methoxy groups -OCH3 is 1. The molecule has 4 nitrogen and oxygen atoms in total. The Morgan fingerprint density at radius 1 is 1.27 bits per heavy atom. The van der Waals surface area contributed by atoms with Crippen molar-refractivity contribution in [2.75, 3.05) is 14.2 Å². The highest BCUT2D eigenvalue weighted by atomic mass is 19.2. The highest BCUT2D eigenvalue weighted by Crippen LogP contribution is 2.23. The van der Waals surface area contributed by atoms with Crippen LogP contribution in [0.15, 0.2) is 34.7 Å². The van der Waals surface area contributed by atoms with Crippen molar-refractivity contribution in [1.82, 2.24) is 4.90 Å². The number of rotatable bonds is 5. The van der Waals surface area contributed by atoms with Crippen LogP contribution in [0.5, 0.6) is 0 Å². The first kappa shape index (κ1) is 16.2. The van der Waals surface area contributed by atoms with Crippen LogP contribution in [0.25, 0.3) is 0 Å². The Kier molecular flexibility index (Phi) is 4.92. The maximum absolute atomic E-state index is 13.3. The molecule has 118 valence electrons. The van der Waals surface area contributed by atoms with Crippen LogP contribution in [-0.4, -0.2) is 25.0 Å². The van der Waals surface area contributed by atoms with Crippen molar-refractivity contribution in [2.24, 2.45) is 0 Å². The molecule has 1 unspecified atom stereocenters. The summed E-state index contributed by atoms with van der Waals surface area (Å²) in [7, 11) is 3.11. The van der Waals surface area contributed by atoms with E-state index in [1.54, 1.807) is 26.1 Å². The molecule has 1 aromatic carbocycles. The first-order valence-corrected chi connectivity index (χ1v) is 6.73. The van der Waals surface area contributed by atoms with Crippen molar-refractivity contribution in [2.45, 2.75) is 19.6 Å². The number of carbonyl (C=O) groups is 1. The Morgan fingerprint density at radius 3 is 2.64 bits per heavy atom. The monoisotopic (exact) mass is 309 g/mol. The average molecular weight is 309 g/mol. The van der Waals surface area contributed by atoms with Crippen molar-refractivity contribution in [3.05, 3.63) is 59.1 Å². The Bertz CT molecular complexity index is 669. The van der Waals surface area contributed by atoms with Gasteiger partial charge in [0.2, 0.25) is 0 Å². The number of nitrogens with zero attached hydrogens (tertiary/aromatic N) is 1. The fourth-order valence-corrected chi connectivity index (χ4v) is 2.06. The second-order valence-electron chi connectivity index (χ2n) is 4.96. The normalized spacial score (nSPS) is 12.2. The predicted molar refractivity (Wildman–Crippen MR) is 76.3 cm³/mol. The fourth-order valence-electron chi connectivity index (χ4n) is 2.06. The van der Waals surface area contributed by atoms with E-state index in [0.717, 1.165) is 12.1 Å². The second kappa shape index (κ2) is 6.70. The third-order valence-electron chi connectivity index (χ3n) is 3.49. The van der Waals surface area contributed by atoms with Crippen LogP contribution in [0.4, 0.5) is 8.78 Å². The smallest absolute Gasteiger partial charge is 0.289 e. The summed E-state index contributed by atoms with van der Waals surface area (Å²) < 4.78 is 36.6. The number of amides is 1. The molecule has 6 heteroatoms. The zero-order chi connectivity index (χ0) is 16.3. The van der Waals surface area contributed by atoms with E-state index in [1.807, 2.05) is 0 Å². The van der Waals surface area contributed by atoms with Crippen molar-refractivity contribution in [1.29, 1.82) is 0 Å². The van der Waals surface area contributed by atoms with Gasteiger partial charge in [0.1, 0.15) is 12.4 Å². The number of hydrogen-bond donors (Lipinski definition) is 0. The molecule has 1 heterocycles. The van der Waals surface area contributed by atoms with Crippen LogP contribution < -0.4 is 0 Å². The SMILES string of the molecule is COCc1ccc(C(=O)N(C)C(C)c2ccc(F)c(F)c2)o1. The van der Waals surface area contributed by atoms with Crippen LogP contribution >= 0.6 is 0 Å². The van der Waals surface area contributed by atoms with Gasteiger partial charge in [-0.2, -0.15) is 0 Å². The Balaban J connectivity index is 2.16. The van der Waals surface area contributed by atoms with Crippen molar-refractivity contribution >= 4 is 5.91 Å². The van der Waals surface area contributed by atoms with Crippen molar-refractivity contribution in [3.63, 3.8) is 0 Å². The van der Waals surface area contributed by atoms with E-state index < -0.39 is 17.7 Å². The Labute approximate surface area is 127 Å². The molecule has 0 aliphatic heterocycles. The molecule has 0 bridgehead atoms. The molecule has 1 amide bonds. The van der Waals surface area contributed by atoms with E-state index in [2.05, 4.69) is 0 Å². The third-order valence-corrected chi connectivity index (χ3v) is 3.49. The molecule has 0 spiro atoms. The fraction of sp³-hybridized carbons (Fsp3) is 0.312. The van der Waals surface area contributed by atoms with Crippen LogP contribution in [0.3, 0.4) is 0 Å². The molecule has 0 N–H and O–H groups in total. The van der Waals surface area contributed by atoms with Crippen LogP contribution in [0.2, 0.25) is 0 Å². The van der Waals surface area contributed by atoms with Crippen molar-refractivity contribution in [3.8, 4) is 0 Å². The Hall–Kier alpha value is -2.21. The van der Waals surface area contributed by atoms with E-state index in [4.69, 9.17) is 9.15 Å². The lowest BCUT2D eigenvalue weighted by Crippen LogP contribution is -2.29. The van der Waals surface area contributed by atoms with E-state index in [1.165, 1.54) is 18.1 Å². The number of benzene rings is 1. The van der Waals surface area contributed by atoms with E-state index >= 15 is 0 Å².